The molecule has 0 bridgehead atoms. The van der Waals surface area contributed by atoms with Crippen LogP contribution in [0.25, 0.3) is 10.2 Å². The van der Waals surface area contributed by atoms with Crippen LogP contribution in [0.3, 0.4) is 0 Å². The van der Waals surface area contributed by atoms with Gasteiger partial charge in [0, 0.05) is 30.6 Å². The number of rotatable bonds is 5. The average Bonchev–Trinajstić information content (AvgIpc) is 3.27. The summed E-state index contributed by atoms with van der Waals surface area (Å²) in [4.78, 5) is 18.4. The molecule has 4 heterocycles. The van der Waals surface area contributed by atoms with E-state index in [4.69, 9.17) is 0 Å². The molecule has 7 nitrogen and oxygen atoms in total. The highest BCUT2D eigenvalue weighted by Crippen LogP contribution is 2.35. The van der Waals surface area contributed by atoms with E-state index in [1.807, 2.05) is 4.68 Å². The minimum atomic E-state index is 0.205. The summed E-state index contributed by atoms with van der Waals surface area (Å²) in [6, 6.07) is 0.692. The van der Waals surface area contributed by atoms with Gasteiger partial charge in [-0.3, -0.25) is 0 Å². The molecule has 1 N–H and O–H groups in total. The molecule has 0 unspecified atom stereocenters. The van der Waals surface area contributed by atoms with Crippen LogP contribution < -0.4 is 10.2 Å². The van der Waals surface area contributed by atoms with Gasteiger partial charge in [0.05, 0.1) is 11.4 Å². The van der Waals surface area contributed by atoms with Crippen LogP contribution in [-0.4, -0.2) is 43.9 Å². The maximum Gasteiger partial charge on any atom is 0.143 e. The van der Waals surface area contributed by atoms with Gasteiger partial charge in [-0.05, 0) is 46.1 Å². The monoisotopic (exact) mass is 385 g/mol. The highest BCUT2D eigenvalue weighted by Gasteiger charge is 2.25. The number of aromatic nitrogens is 5. The van der Waals surface area contributed by atoms with Crippen molar-refractivity contribution in [3.63, 3.8) is 0 Å². The summed E-state index contributed by atoms with van der Waals surface area (Å²) in [6.07, 6.45) is 5.54. The fourth-order valence-electron chi connectivity index (χ4n) is 3.94. The zero-order valence-corrected chi connectivity index (χ0v) is 17.3. The van der Waals surface area contributed by atoms with E-state index in [1.165, 1.54) is 15.8 Å². The molecular weight excluding hydrogens is 358 g/mol. The molecule has 0 spiro atoms. The highest BCUT2D eigenvalue weighted by molar-refractivity contribution is 7.18. The van der Waals surface area contributed by atoms with Crippen molar-refractivity contribution in [3.8, 4) is 0 Å². The standard InChI is InChI=1S/C19H27N7S/c1-5-26-17(21-11-23-26)13(3)24-15-6-8-25(9-7-15)18-16-12(2)14(4)27-19(16)22-10-20-18/h10-11,13,15,24H,5-9H2,1-4H3/t13-/m1/s1. The molecule has 3 aromatic heterocycles. The molecule has 1 aliphatic rings. The first-order valence-electron chi connectivity index (χ1n) is 9.67. The summed E-state index contributed by atoms with van der Waals surface area (Å²) in [5.74, 6) is 2.11. The SMILES string of the molecule is CCn1ncnc1[C@@H](C)NC1CCN(c2ncnc3sc(C)c(C)c23)CC1. The second-order valence-corrected chi connectivity index (χ2v) is 8.45. The molecule has 3 aromatic rings. The summed E-state index contributed by atoms with van der Waals surface area (Å²) in [6.45, 7) is 11.5. The maximum atomic E-state index is 4.63. The van der Waals surface area contributed by atoms with Crippen LogP contribution in [0.5, 0.6) is 0 Å². The lowest BCUT2D eigenvalue weighted by molar-refractivity contribution is 0.365. The van der Waals surface area contributed by atoms with E-state index < -0.39 is 0 Å². The quantitative estimate of drug-likeness (QED) is 0.727. The van der Waals surface area contributed by atoms with Gasteiger partial charge in [-0.25, -0.2) is 19.6 Å². The number of aryl methyl sites for hydroxylation is 3. The largest absolute Gasteiger partial charge is 0.356 e. The van der Waals surface area contributed by atoms with Crippen LogP contribution in [-0.2, 0) is 6.54 Å². The Bertz CT molecular complexity index is 923. The molecule has 1 aliphatic heterocycles. The second kappa shape index (κ2) is 7.52. The molecule has 144 valence electrons. The molecule has 0 aromatic carbocycles. The number of nitrogens with one attached hydrogen (secondary N) is 1. The summed E-state index contributed by atoms with van der Waals surface area (Å²) in [5.41, 5.74) is 1.32. The molecule has 1 saturated heterocycles. The highest BCUT2D eigenvalue weighted by atomic mass is 32.1. The molecule has 27 heavy (non-hydrogen) atoms. The van der Waals surface area contributed by atoms with Gasteiger partial charge < -0.3 is 10.2 Å². The predicted molar refractivity (Wildman–Crippen MR) is 109 cm³/mol. The first kappa shape index (κ1) is 18.3. The molecule has 8 heteroatoms. The van der Waals surface area contributed by atoms with Crippen LogP contribution in [0.2, 0.25) is 0 Å². The predicted octanol–water partition coefficient (Wildman–Crippen LogP) is 3.24. The normalized spacial score (nSPS) is 17.0. The van der Waals surface area contributed by atoms with Gasteiger partial charge in [-0.2, -0.15) is 5.10 Å². The Balaban J connectivity index is 1.44. The molecule has 4 rings (SSSR count). The Morgan fingerprint density at radius 3 is 2.70 bits per heavy atom. The van der Waals surface area contributed by atoms with Gasteiger partial charge in [-0.15, -0.1) is 11.3 Å². The smallest absolute Gasteiger partial charge is 0.143 e. The third-order valence-electron chi connectivity index (χ3n) is 5.56. The topological polar surface area (TPSA) is 71.8 Å². The van der Waals surface area contributed by atoms with Crippen molar-refractivity contribution in [1.29, 1.82) is 0 Å². The molecule has 0 amide bonds. The average molecular weight is 386 g/mol. The number of piperidine rings is 1. The minimum Gasteiger partial charge on any atom is -0.356 e. The minimum absolute atomic E-state index is 0.205. The Kier molecular flexibility index (Phi) is 5.10. The van der Waals surface area contributed by atoms with Crippen molar-refractivity contribution in [2.45, 2.75) is 59.2 Å². The van der Waals surface area contributed by atoms with E-state index in [2.05, 4.69) is 58.0 Å². The van der Waals surface area contributed by atoms with Crippen LogP contribution in [0.1, 0.15) is 49.0 Å². The Morgan fingerprint density at radius 2 is 1.96 bits per heavy atom. The van der Waals surface area contributed by atoms with E-state index in [1.54, 1.807) is 24.0 Å². The van der Waals surface area contributed by atoms with Gasteiger partial charge in [0.2, 0.25) is 0 Å². The molecular formula is C19H27N7S. The van der Waals surface area contributed by atoms with Gasteiger partial charge in [0.25, 0.3) is 0 Å². The van der Waals surface area contributed by atoms with Gasteiger partial charge in [0.15, 0.2) is 0 Å². The zero-order chi connectivity index (χ0) is 19.0. The number of hydrogen-bond acceptors (Lipinski definition) is 7. The van der Waals surface area contributed by atoms with Crippen molar-refractivity contribution in [2.75, 3.05) is 18.0 Å². The molecule has 1 fully saturated rings. The number of thiophene rings is 1. The second-order valence-electron chi connectivity index (χ2n) is 7.24. The lowest BCUT2D eigenvalue weighted by Gasteiger charge is -2.34. The summed E-state index contributed by atoms with van der Waals surface area (Å²) in [5, 5.41) is 9.26. The van der Waals surface area contributed by atoms with Crippen molar-refractivity contribution in [3.05, 3.63) is 28.9 Å². The lowest BCUT2D eigenvalue weighted by atomic mass is 10.0. The maximum absolute atomic E-state index is 4.63. The van der Waals surface area contributed by atoms with E-state index in [9.17, 15) is 0 Å². The van der Waals surface area contributed by atoms with Gasteiger partial charge in [-0.1, -0.05) is 0 Å². The summed E-state index contributed by atoms with van der Waals surface area (Å²) in [7, 11) is 0. The molecule has 0 radical (unpaired) electrons. The van der Waals surface area contributed by atoms with E-state index in [0.717, 1.165) is 48.9 Å². The van der Waals surface area contributed by atoms with Gasteiger partial charge in [0.1, 0.15) is 29.1 Å². The summed E-state index contributed by atoms with van der Waals surface area (Å²) < 4.78 is 1.96. The van der Waals surface area contributed by atoms with E-state index in [0.29, 0.717) is 6.04 Å². The first-order valence-corrected chi connectivity index (χ1v) is 10.5. The Hall–Kier alpha value is -2.06. The third kappa shape index (κ3) is 3.43. The van der Waals surface area contributed by atoms with Crippen molar-refractivity contribution >= 4 is 27.4 Å². The van der Waals surface area contributed by atoms with Crippen molar-refractivity contribution < 1.29 is 0 Å². The number of nitrogens with zero attached hydrogens (tertiary/aromatic N) is 6. The third-order valence-corrected chi connectivity index (χ3v) is 6.67. The number of anilines is 1. The van der Waals surface area contributed by atoms with Gasteiger partial charge >= 0.3 is 0 Å². The first-order chi connectivity index (χ1) is 13.1. The van der Waals surface area contributed by atoms with Crippen LogP contribution in [0, 0.1) is 13.8 Å². The molecule has 1 atom stereocenters. The number of fused-ring (bicyclic) bond motifs is 1. The Labute approximate surface area is 163 Å². The van der Waals surface area contributed by atoms with Crippen LogP contribution >= 0.6 is 11.3 Å². The Morgan fingerprint density at radius 1 is 1.19 bits per heavy atom. The van der Waals surface area contributed by atoms with E-state index >= 15 is 0 Å². The number of hydrogen-bond donors (Lipinski definition) is 1. The zero-order valence-electron chi connectivity index (χ0n) is 16.4. The van der Waals surface area contributed by atoms with Crippen LogP contribution in [0.15, 0.2) is 12.7 Å². The summed E-state index contributed by atoms with van der Waals surface area (Å²) >= 11 is 1.76. The van der Waals surface area contributed by atoms with Crippen molar-refractivity contribution in [1.82, 2.24) is 30.0 Å². The van der Waals surface area contributed by atoms with Crippen molar-refractivity contribution in [2.24, 2.45) is 0 Å². The lowest BCUT2D eigenvalue weighted by Crippen LogP contribution is -2.44. The fraction of sp³-hybridized carbons (Fsp3) is 0.579. The van der Waals surface area contributed by atoms with Crippen LogP contribution in [0.4, 0.5) is 5.82 Å². The van der Waals surface area contributed by atoms with E-state index in [-0.39, 0.29) is 6.04 Å². The fourth-order valence-corrected chi connectivity index (χ4v) is 4.93. The molecule has 0 aliphatic carbocycles. The molecule has 0 saturated carbocycles.